The number of carbonyl (C=O) groups excluding carboxylic acids is 3. The number of carbonyl (C=O) groups is 3. The molecule has 0 aliphatic rings. The van der Waals surface area contributed by atoms with Crippen molar-refractivity contribution >= 4 is 25.7 Å². The van der Waals surface area contributed by atoms with Crippen LogP contribution >= 0.6 is 7.82 Å². The molecule has 13 heteroatoms. The molecule has 25 heavy (non-hydrogen) atoms. The van der Waals surface area contributed by atoms with E-state index in [0.717, 1.165) is 6.92 Å². The molecule has 2 unspecified atom stereocenters. The van der Waals surface area contributed by atoms with E-state index in [1.165, 1.54) is 0 Å². The molecule has 0 fully saturated rings. The van der Waals surface area contributed by atoms with E-state index in [2.05, 4.69) is 48.4 Å². The molecule has 0 saturated heterocycles. The van der Waals surface area contributed by atoms with Gasteiger partial charge in [0, 0.05) is 12.2 Å². The maximum atomic E-state index is 12.0. The van der Waals surface area contributed by atoms with Gasteiger partial charge in [-0.15, -0.1) is 0 Å². The fourth-order valence-corrected chi connectivity index (χ4v) is 1.38. The molecule has 0 rings (SSSR count). The molecule has 2 atom stereocenters. The summed E-state index contributed by atoms with van der Waals surface area (Å²) in [7, 11) is -5.11. The van der Waals surface area contributed by atoms with Crippen molar-refractivity contribution in [2.45, 2.75) is 19.1 Å². The minimum atomic E-state index is -5.11. The highest BCUT2D eigenvalue weighted by Gasteiger charge is 2.38. The van der Waals surface area contributed by atoms with Crippen LogP contribution < -0.4 is 0 Å². The van der Waals surface area contributed by atoms with Crippen LogP contribution in [0.2, 0.25) is 0 Å². The molecule has 0 aliphatic carbocycles. The van der Waals surface area contributed by atoms with Gasteiger partial charge in [0.2, 0.25) is 0 Å². The highest BCUT2D eigenvalue weighted by molar-refractivity contribution is 7.48. The first-order valence-electron chi connectivity index (χ1n) is 6.17. The first-order chi connectivity index (χ1) is 11.6. The molecule has 0 bridgehead atoms. The van der Waals surface area contributed by atoms with Gasteiger partial charge in [-0.25, -0.2) is 18.9 Å². The zero-order valence-corrected chi connectivity index (χ0v) is 13.7. The van der Waals surface area contributed by atoms with Crippen molar-refractivity contribution in [3.05, 3.63) is 37.5 Å². The molecule has 0 radical (unpaired) electrons. The summed E-state index contributed by atoms with van der Waals surface area (Å²) in [5.74, 6) is -3.99. The normalized spacial score (nSPS) is 13.1. The topological polar surface area (TPSA) is 164 Å². The Kier molecular flexibility index (Phi) is 9.53. The molecule has 12 nitrogen and oxygen atoms in total. The van der Waals surface area contributed by atoms with Crippen LogP contribution in [-0.4, -0.2) is 40.3 Å². The summed E-state index contributed by atoms with van der Waals surface area (Å²) < 4.78 is 23.9. The van der Waals surface area contributed by atoms with E-state index in [0.29, 0.717) is 12.2 Å². The Bertz CT molecular complexity index is 567. The summed E-state index contributed by atoms with van der Waals surface area (Å²) in [6.45, 7) is 10.3. The first-order valence-corrected chi connectivity index (χ1v) is 7.63. The maximum absolute atomic E-state index is 12.0. The summed E-state index contributed by atoms with van der Waals surface area (Å²) in [6, 6.07) is 0. The fourth-order valence-electron chi connectivity index (χ4n) is 0.815. The van der Waals surface area contributed by atoms with Crippen molar-refractivity contribution in [2.75, 3.05) is 0 Å². The summed E-state index contributed by atoms with van der Waals surface area (Å²) in [5, 5.41) is 18.5. The zero-order chi connectivity index (χ0) is 19.6. The van der Waals surface area contributed by atoms with Crippen molar-refractivity contribution in [1.82, 2.24) is 0 Å². The van der Waals surface area contributed by atoms with E-state index < -0.39 is 43.5 Å². The molecule has 0 aromatic carbocycles. The van der Waals surface area contributed by atoms with Crippen LogP contribution in [0.1, 0.15) is 6.92 Å². The lowest BCUT2D eigenvalue weighted by Gasteiger charge is -2.16. The van der Waals surface area contributed by atoms with E-state index in [9.17, 15) is 24.1 Å². The molecule has 0 heterocycles. The van der Waals surface area contributed by atoms with E-state index in [1.54, 1.807) is 0 Å². The van der Waals surface area contributed by atoms with Gasteiger partial charge in [-0.3, -0.25) is 14.7 Å². The molecule has 140 valence electrons. The van der Waals surface area contributed by atoms with Crippen molar-refractivity contribution in [2.24, 2.45) is 0 Å². The summed E-state index contributed by atoms with van der Waals surface area (Å²) in [4.78, 5) is 45.1. The monoisotopic (exact) mass is 382 g/mol. The van der Waals surface area contributed by atoms with Gasteiger partial charge >= 0.3 is 25.7 Å². The number of aliphatic hydroxyl groups is 2. The molecule has 0 amide bonds. The maximum Gasteiger partial charge on any atom is 0.584 e. The third-order valence-electron chi connectivity index (χ3n) is 2.04. The molecule has 2 N–H and O–H groups in total. The first kappa shape index (κ1) is 22.7. The van der Waals surface area contributed by atoms with Crippen LogP contribution in [-0.2, 0) is 47.6 Å². The third-order valence-corrected chi connectivity index (χ3v) is 2.81. The van der Waals surface area contributed by atoms with E-state index in [-0.39, 0.29) is 0 Å². The van der Waals surface area contributed by atoms with Crippen LogP contribution in [0.5, 0.6) is 0 Å². The van der Waals surface area contributed by atoms with Crippen LogP contribution in [0.3, 0.4) is 0 Å². The number of rotatable bonds is 11. The lowest BCUT2D eigenvalue weighted by molar-refractivity contribution is -0.292. The number of aliphatic hydroxyl groups excluding tert-OH is 2. The largest absolute Gasteiger partial charge is 0.584 e. The molecular weight excluding hydrogens is 367 g/mol. The second kappa shape index (κ2) is 10.5. The molecule has 0 aromatic heterocycles. The van der Waals surface area contributed by atoms with Gasteiger partial charge in [0.05, 0.1) is 11.7 Å². The van der Waals surface area contributed by atoms with Crippen LogP contribution in [0.15, 0.2) is 37.5 Å². The van der Waals surface area contributed by atoms with Crippen LogP contribution in [0, 0.1) is 0 Å². The lowest BCUT2D eigenvalue weighted by Crippen LogP contribution is -2.29. The van der Waals surface area contributed by atoms with E-state index in [1.807, 2.05) is 0 Å². The van der Waals surface area contributed by atoms with Gasteiger partial charge in [0.1, 0.15) is 6.10 Å². The van der Waals surface area contributed by atoms with Crippen molar-refractivity contribution in [3.8, 4) is 0 Å². The number of phosphoric acid groups is 1. The smallest absolute Gasteiger partial charge is 0.390 e. The van der Waals surface area contributed by atoms with Crippen molar-refractivity contribution in [1.29, 1.82) is 0 Å². The predicted molar refractivity (Wildman–Crippen MR) is 76.4 cm³/mol. The van der Waals surface area contributed by atoms with Crippen molar-refractivity contribution in [3.63, 3.8) is 0 Å². The minimum absolute atomic E-state index is 0.604. The standard InChI is InChI=1S/C12H15O12P/c1-5-9(14)19-22-25(18,23-20-10(15)6-2)24-21-12(17)7(3)11(16)8(4)13/h5-6,8,11,13,16H,1-3H2,4H3. The van der Waals surface area contributed by atoms with Crippen LogP contribution in [0.4, 0.5) is 0 Å². The van der Waals surface area contributed by atoms with Gasteiger partial charge in [0.25, 0.3) is 0 Å². The Balaban J connectivity index is 4.94. The Morgan fingerprint density at radius 3 is 1.72 bits per heavy atom. The van der Waals surface area contributed by atoms with Gasteiger partial charge in [0.15, 0.2) is 0 Å². The van der Waals surface area contributed by atoms with E-state index in [4.69, 9.17) is 5.11 Å². The Hall–Kier alpha value is -2.34. The molecule has 0 saturated carbocycles. The van der Waals surface area contributed by atoms with Gasteiger partial charge in [-0.2, -0.15) is 0 Å². The predicted octanol–water partition coefficient (Wildman–Crippen LogP) is 0.189. The molecular formula is C12H15O12P. The van der Waals surface area contributed by atoms with Gasteiger partial charge in [-0.1, -0.05) is 33.8 Å². The molecule has 0 aromatic rings. The highest BCUT2D eigenvalue weighted by Crippen LogP contribution is 2.50. The highest BCUT2D eigenvalue weighted by atomic mass is 31.2. The fraction of sp³-hybridized carbons (Fsp3) is 0.250. The van der Waals surface area contributed by atoms with Gasteiger partial charge in [-0.05, 0) is 6.92 Å². The lowest BCUT2D eigenvalue weighted by atomic mass is 10.1. The Labute approximate surface area is 141 Å². The molecule has 0 spiro atoms. The third kappa shape index (κ3) is 8.35. The average Bonchev–Trinajstić information content (AvgIpc) is 2.60. The Morgan fingerprint density at radius 2 is 1.36 bits per heavy atom. The number of hydrogen-bond acceptors (Lipinski definition) is 12. The Morgan fingerprint density at radius 1 is 0.960 bits per heavy atom. The second-order valence-electron chi connectivity index (χ2n) is 3.97. The van der Waals surface area contributed by atoms with E-state index >= 15 is 0 Å². The van der Waals surface area contributed by atoms with Gasteiger partial charge < -0.3 is 10.2 Å². The number of hydrogen-bond donors (Lipinski definition) is 2. The van der Waals surface area contributed by atoms with Crippen LogP contribution in [0.25, 0.3) is 0 Å². The molecule has 0 aliphatic heterocycles. The summed E-state index contributed by atoms with van der Waals surface area (Å²) in [5.41, 5.74) is -0.687. The zero-order valence-electron chi connectivity index (χ0n) is 12.9. The average molecular weight is 382 g/mol. The SMILES string of the molecule is C=CC(=O)OOP(=O)(OOC(=O)C=C)OOC(=O)C(=C)C(O)C(C)O. The minimum Gasteiger partial charge on any atom is -0.390 e. The van der Waals surface area contributed by atoms with Crippen molar-refractivity contribution < 1.29 is 57.8 Å². The summed E-state index contributed by atoms with van der Waals surface area (Å²) in [6.07, 6.45) is -1.91. The summed E-state index contributed by atoms with van der Waals surface area (Å²) >= 11 is 0. The quantitative estimate of drug-likeness (QED) is 0.216. The second-order valence-corrected chi connectivity index (χ2v) is 5.31.